The number of aryl methyl sites for hydroxylation is 1. The van der Waals surface area contributed by atoms with Crippen LogP contribution in [0.2, 0.25) is 0 Å². The van der Waals surface area contributed by atoms with Crippen LogP contribution in [0.5, 0.6) is 0 Å². The first-order chi connectivity index (χ1) is 8.10. The van der Waals surface area contributed by atoms with Gasteiger partial charge < -0.3 is 0 Å². The third kappa shape index (κ3) is 1.49. The molecule has 3 heteroatoms. The van der Waals surface area contributed by atoms with Crippen LogP contribution < -0.4 is 5.56 Å². The normalized spacial score (nSPS) is 18.0. The summed E-state index contributed by atoms with van der Waals surface area (Å²) in [6, 6.07) is 5.82. The molecule has 1 saturated carbocycles. The molecule has 0 atom stereocenters. The number of benzene rings is 1. The van der Waals surface area contributed by atoms with E-state index in [4.69, 9.17) is 0 Å². The van der Waals surface area contributed by atoms with E-state index in [1.165, 1.54) is 6.42 Å². The fraction of sp³-hybridized carbons (Fsp3) is 0.429. The van der Waals surface area contributed by atoms with Crippen LogP contribution in [0.3, 0.4) is 0 Å². The summed E-state index contributed by atoms with van der Waals surface area (Å²) in [5, 5.41) is 0.728. The largest absolute Gasteiger partial charge is 0.293 e. The first kappa shape index (κ1) is 10.5. The second kappa shape index (κ2) is 3.42. The van der Waals surface area contributed by atoms with Gasteiger partial charge in [0, 0.05) is 5.54 Å². The molecule has 1 aromatic carbocycles. The van der Waals surface area contributed by atoms with Gasteiger partial charge in [-0.3, -0.25) is 9.36 Å². The molecule has 17 heavy (non-hydrogen) atoms. The molecular weight excluding hydrogens is 212 g/mol. The molecule has 3 nitrogen and oxygen atoms in total. The molecule has 1 aromatic heterocycles. The van der Waals surface area contributed by atoms with Crippen molar-refractivity contribution in [1.29, 1.82) is 0 Å². The molecule has 1 fully saturated rings. The van der Waals surface area contributed by atoms with Crippen molar-refractivity contribution in [3.05, 3.63) is 40.4 Å². The summed E-state index contributed by atoms with van der Waals surface area (Å²) in [5.74, 6) is 0. The van der Waals surface area contributed by atoms with E-state index in [2.05, 4.69) is 11.9 Å². The van der Waals surface area contributed by atoms with Gasteiger partial charge in [0.25, 0.3) is 5.56 Å². The Labute approximate surface area is 100 Å². The number of hydrogen-bond donors (Lipinski definition) is 0. The predicted octanol–water partition coefficient (Wildman–Crippen LogP) is 2.60. The summed E-state index contributed by atoms with van der Waals surface area (Å²) in [5.41, 5.74) is 2.02. The van der Waals surface area contributed by atoms with Gasteiger partial charge in [0.1, 0.15) is 0 Å². The highest BCUT2D eigenvalue weighted by atomic mass is 16.1. The lowest BCUT2D eigenvalue weighted by atomic mass is 9.78. The molecule has 1 heterocycles. The molecule has 1 aliphatic carbocycles. The highest BCUT2D eigenvalue weighted by Gasteiger charge is 2.34. The monoisotopic (exact) mass is 228 g/mol. The van der Waals surface area contributed by atoms with Gasteiger partial charge in [-0.1, -0.05) is 6.07 Å². The van der Waals surface area contributed by atoms with Crippen molar-refractivity contribution >= 4 is 10.9 Å². The molecule has 0 aliphatic heterocycles. The van der Waals surface area contributed by atoms with E-state index in [0.29, 0.717) is 0 Å². The maximum absolute atomic E-state index is 12.4. The number of nitrogens with zero attached hydrogens (tertiary/aromatic N) is 2. The fourth-order valence-corrected chi connectivity index (χ4v) is 2.55. The zero-order chi connectivity index (χ0) is 12.0. The van der Waals surface area contributed by atoms with E-state index in [0.717, 1.165) is 29.3 Å². The Kier molecular flexibility index (Phi) is 2.12. The van der Waals surface area contributed by atoms with Crippen LogP contribution in [0.15, 0.2) is 29.3 Å². The number of aromatic nitrogens is 2. The molecule has 3 rings (SSSR count). The van der Waals surface area contributed by atoms with Crippen molar-refractivity contribution < 1.29 is 0 Å². The Morgan fingerprint density at radius 1 is 1.35 bits per heavy atom. The van der Waals surface area contributed by atoms with Crippen LogP contribution >= 0.6 is 0 Å². The second-order valence-corrected chi connectivity index (χ2v) is 5.29. The minimum Gasteiger partial charge on any atom is -0.293 e. The first-order valence-electron chi connectivity index (χ1n) is 6.09. The van der Waals surface area contributed by atoms with Crippen LogP contribution in [-0.2, 0) is 5.54 Å². The Bertz CT molecular complexity index is 638. The van der Waals surface area contributed by atoms with Crippen LogP contribution in [-0.4, -0.2) is 9.55 Å². The van der Waals surface area contributed by atoms with Crippen molar-refractivity contribution in [3.63, 3.8) is 0 Å². The molecule has 88 valence electrons. The number of rotatable bonds is 1. The maximum atomic E-state index is 12.4. The highest BCUT2D eigenvalue weighted by molar-refractivity contribution is 5.77. The van der Waals surface area contributed by atoms with E-state index < -0.39 is 0 Å². The van der Waals surface area contributed by atoms with Gasteiger partial charge in [-0.15, -0.1) is 0 Å². The summed E-state index contributed by atoms with van der Waals surface area (Å²) >= 11 is 0. The zero-order valence-electron chi connectivity index (χ0n) is 10.2. The SMILES string of the molecule is Cc1ccc2c(=O)n(C3(C)CCC3)cnc2c1. The second-order valence-electron chi connectivity index (χ2n) is 5.29. The molecule has 0 N–H and O–H groups in total. The summed E-state index contributed by atoms with van der Waals surface area (Å²) < 4.78 is 1.81. The van der Waals surface area contributed by atoms with Gasteiger partial charge in [0.15, 0.2) is 0 Å². The van der Waals surface area contributed by atoms with Gasteiger partial charge in [-0.2, -0.15) is 0 Å². The molecule has 2 aromatic rings. The van der Waals surface area contributed by atoms with Crippen molar-refractivity contribution in [3.8, 4) is 0 Å². The zero-order valence-corrected chi connectivity index (χ0v) is 10.2. The van der Waals surface area contributed by atoms with Crippen LogP contribution in [0.1, 0.15) is 31.7 Å². The smallest absolute Gasteiger partial charge is 0.261 e. The van der Waals surface area contributed by atoms with Crippen molar-refractivity contribution in [1.82, 2.24) is 9.55 Å². The molecular formula is C14H16N2O. The van der Waals surface area contributed by atoms with Gasteiger partial charge in [0.2, 0.25) is 0 Å². The van der Waals surface area contributed by atoms with Crippen molar-refractivity contribution in [2.45, 2.75) is 38.6 Å². The van der Waals surface area contributed by atoms with E-state index in [9.17, 15) is 4.79 Å². The van der Waals surface area contributed by atoms with Crippen LogP contribution in [0.4, 0.5) is 0 Å². The third-order valence-electron chi connectivity index (χ3n) is 3.93. The van der Waals surface area contributed by atoms with Crippen molar-refractivity contribution in [2.75, 3.05) is 0 Å². The average Bonchev–Trinajstić information content (AvgIpc) is 2.26. The molecule has 0 bridgehead atoms. The molecule has 0 unspecified atom stereocenters. The molecule has 0 radical (unpaired) electrons. The van der Waals surface area contributed by atoms with Crippen LogP contribution in [0.25, 0.3) is 10.9 Å². The predicted molar refractivity (Wildman–Crippen MR) is 68.2 cm³/mol. The minimum absolute atomic E-state index is 0.0108. The fourth-order valence-electron chi connectivity index (χ4n) is 2.55. The summed E-state index contributed by atoms with van der Waals surface area (Å²) in [4.78, 5) is 16.8. The minimum atomic E-state index is -0.0108. The number of fused-ring (bicyclic) bond motifs is 1. The van der Waals surface area contributed by atoms with E-state index in [1.54, 1.807) is 6.33 Å². The molecule has 0 spiro atoms. The van der Waals surface area contributed by atoms with E-state index in [1.807, 2.05) is 29.7 Å². The molecule has 1 aliphatic rings. The lowest BCUT2D eigenvalue weighted by Gasteiger charge is -2.39. The summed E-state index contributed by atoms with van der Waals surface area (Å²) in [6.45, 7) is 4.15. The lowest BCUT2D eigenvalue weighted by molar-refractivity contribution is 0.162. The van der Waals surface area contributed by atoms with E-state index >= 15 is 0 Å². The Morgan fingerprint density at radius 3 is 2.76 bits per heavy atom. The van der Waals surface area contributed by atoms with Crippen molar-refractivity contribution in [2.24, 2.45) is 0 Å². The molecule has 0 amide bonds. The first-order valence-corrected chi connectivity index (χ1v) is 6.09. The summed E-state index contributed by atoms with van der Waals surface area (Å²) in [6.07, 6.45) is 5.07. The Morgan fingerprint density at radius 2 is 2.12 bits per heavy atom. The van der Waals surface area contributed by atoms with Gasteiger partial charge in [-0.25, -0.2) is 4.98 Å². The average molecular weight is 228 g/mol. The quantitative estimate of drug-likeness (QED) is 0.752. The lowest BCUT2D eigenvalue weighted by Crippen LogP contribution is -2.43. The third-order valence-corrected chi connectivity index (χ3v) is 3.93. The van der Waals surface area contributed by atoms with Crippen LogP contribution in [0, 0.1) is 6.92 Å². The maximum Gasteiger partial charge on any atom is 0.261 e. The van der Waals surface area contributed by atoms with Gasteiger partial charge >= 0.3 is 0 Å². The number of hydrogen-bond acceptors (Lipinski definition) is 2. The van der Waals surface area contributed by atoms with E-state index in [-0.39, 0.29) is 11.1 Å². The van der Waals surface area contributed by atoms with Gasteiger partial charge in [-0.05, 0) is 50.8 Å². The summed E-state index contributed by atoms with van der Waals surface area (Å²) in [7, 11) is 0. The molecule has 0 saturated heterocycles. The highest BCUT2D eigenvalue weighted by Crippen LogP contribution is 2.37. The Balaban J connectivity index is 2.26. The Hall–Kier alpha value is -1.64. The standard InChI is InChI=1S/C14H16N2O/c1-10-4-5-11-12(8-10)15-9-16(13(11)17)14(2)6-3-7-14/h4-5,8-9H,3,6-7H2,1-2H3. The topological polar surface area (TPSA) is 34.9 Å². The van der Waals surface area contributed by atoms with Gasteiger partial charge in [0.05, 0.1) is 17.2 Å².